The minimum Gasteiger partial charge on any atom is -0.371 e. The summed E-state index contributed by atoms with van der Waals surface area (Å²) in [7, 11) is 2.79. The quantitative estimate of drug-likeness (QED) is 0.501. The van der Waals surface area contributed by atoms with E-state index in [1.807, 2.05) is 18.5 Å². The summed E-state index contributed by atoms with van der Waals surface area (Å²) in [5.41, 5.74) is 2.52. The van der Waals surface area contributed by atoms with Crippen LogP contribution in [0.15, 0.2) is 42.7 Å². The third-order valence-electron chi connectivity index (χ3n) is 6.88. The summed E-state index contributed by atoms with van der Waals surface area (Å²) in [6.07, 6.45) is 7.54. The summed E-state index contributed by atoms with van der Waals surface area (Å²) in [5.74, 6) is 1.53. The van der Waals surface area contributed by atoms with Gasteiger partial charge in [0.15, 0.2) is 5.82 Å². The van der Waals surface area contributed by atoms with Gasteiger partial charge in [0.05, 0.1) is 23.1 Å². The molecule has 0 saturated heterocycles. The monoisotopic (exact) mass is 440 g/mol. The van der Waals surface area contributed by atoms with Crippen LogP contribution in [0.25, 0.3) is 5.82 Å². The zero-order chi connectivity index (χ0) is 21.8. The van der Waals surface area contributed by atoms with E-state index in [2.05, 4.69) is 44.0 Å². The van der Waals surface area contributed by atoms with Crippen LogP contribution in [0.4, 0.5) is 14.5 Å². The van der Waals surface area contributed by atoms with E-state index in [-0.39, 0.29) is 17.1 Å². The molecule has 31 heavy (non-hydrogen) atoms. The molecule has 2 aromatic heterocycles. The van der Waals surface area contributed by atoms with E-state index >= 15 is 0 Å². The van der Waals surface area contributed by atoms with Crippen molar-refractivity contribution in [2.24, 2.45) is 5.92 Å². The van der Waals surface area contributed by atoms with Crippen LogP contribution in [0, 0.1) is 17.6 Å². The standard InChI is InChI=1S/C24H27F2N4P/c1-14(2)22-28-13-20-24(29-19-4-3-11-27-23(19)30(20)22)9-7-15(8-10-24)21(31)17-6-5-16(25)12-18(17)26/h3-6,11-15,21,29H,7-10,31H2,1-2H3. The largest absolute Gasteiger partial charge is 0.371 e. The van der Waals surface area contributed by atoms with Crippen molar-refractivity contribution in [2.45, 2.75) is 56.6 Å². The fourth-order valence-corrected chi connectivity index (χ4v) is 5.88. The van der Waals surface area contributed by atoms with Gasteiger partial charge in [-0.15, -0.1) is 9.24 Å². The van der Waals surface area contributed by atoms with Gasteiger partial charge < -0.3 is 5.32 Å². The molecule has 5 rings (SSSR count). The minimum absolute atomic E-state index is 0.0355. The number of fused-ring (bicyclic) bond motifs is 4. The molecular weight excluding hydrogens is 413 g/mol. The maximum Gasteiger partial charge on any atom is 0.161 e. The van der Waals surface area contributed by atoms with Gasteiger partial charge in [0, 0.05) is 23.8 Å². The topological polar surface area (TPSA) is 42.7 Å². The van der Waals surface area contributed by atoms with E-state index in [4.69, 9.17) is 4.98 Å². The Morgan fingerprint density at radius 1 is 1.16 bits per heavy atom. The van der Waals surface area contributed by atoms with Gasteiger partial charge in [-0.1, -0.05) is 19.9 Å². The van der Waals surface area contributed by atoms with Crippen molar-refractivity contribution in [2.75, 3.05) is 5.32 Å². The molecule has 2 unspecified atom stereocenters. The number of hydrogen-bond acceptors (Lipinski definition) is 3. The molecule has 1 aliphatic carbocycles. The van der Waals surface area contributed by atoms with Crippen molar-refractivity contribution < 1.29 is 8.78 Å². The molecule has 1 spiro atoms. The number of nitrogens with zero attached hydrogens (tertiary/aromatic N) is 3. The number of rotatable bonds is 3. The van der Waals surface area contributed by atoms with E-state index in [1.54, 1.807) is 6.07 Å². The van der Waals surface area contributed by atoms with Gasteiger partial charge in [-0.25, -0.2) is 18.7 Å². The van der Waals surface area contributed by atoms with Crippen molar-refractivity contribution in [1.29, 1.82) is 0 Å². The average molecular weight is 440 g/mol. The molecule has 1 aliphatic heterocycles. The number of benzene rings is 1. The molecule has 0 bridgehead atoms. The highest BCUT2D eigenvalue weighted by molar-refractivity contribution is 7.17. The third kappa shape index (κ3) is 3.36. The number of halogens is 2. The number of imidazole rings is 1. The molecule has 1 saturated carbocycles. The maximum atomic E-state index is 14.4. The fourth-order valence-electron chi connectivity index (χ4n) is 5.23. The first-order valence-electron chi connectivity index (χ1n) is 10.9. The van der Waals surface area contributed by atoms with Gasteiger partial charge >= 0.3 is 0 Å². The fraction of sp³-hybridized carbons (Fsp3) is 0.417. The van der Waals surface area contributed by atoms with E-state index in [0.29, 0.717) is 11.5 Å². The Balaban J connectivity index is 1.45. The highest BCUT2D eigenvalue weighted by Crippen LogP contribution is 2.51. The smallest absolute Gasteiger partial charge is 0.161 e. The number of nitrogens with one attached hydrogen (secondary N) is 1. The number of aromatic nitrogens is 3. The van der Waals surface area contributed by atoms with Crippen LogP contribution < -0.4 is 5.32 Å². The maximum absolute atomic E-state index is 14.4. The summed E-state index contributed by atoms with van der Waals surface area (Å²) < 4.78 is 29.9. The first kappa shape index (κ1) is 20.6. The molecule has 2 aliphatic rings. The molecule has 7 heteroatoms. The Hall–Kier alpha value is -2.33. The van der Waals surface area contributed by atoms with Crippen molar-refractivity contribution in [3.05, 3.63) is 71.4 Å². The lowest BCUT2D eigenvalue weighted by Crippen LogP contribution is -2.44. The summed E-state index contributed by atoms with van der Waals surface area (Å²) in [6.45, 7) is 4.31. The Morgan fingerprint density at radius 3 is 2.65 bits per heavy atom. The summed E-state index contributed by atoms with van der Waals surface area (Å²) >= 11 is 0. The first-order chi connectivity index (χ1) is 14.9. The number of anilines is 1. The molecule has 3 aromatic rings. The van der Waals surface area contributed by atoms with E-state index in [0.717, 1.165) is 54.8 Å². The molecule has 1 N–H and O–H groups in total. The molecule has 1 fully saturated rings. The lowest BCUT2D eigenvalue weighted by Gasteiger charge is -2.45. The van der Waals surface area contributed by atoms with Gasteiger partial charge in [-0.05, 0) is 55.4 Å². The zero-order valence-corrected chi connectivity index (χ0v) is 18.9. The number of hydrogen-bond donors (Lipinski definition) is 1. The average Bonchev–Trinajstić information content (AvgIpc) is 3.21. The van der Waals surface area contributed by atoms with E-state index < -0.39 is 11.6 Å². The van der Waals surface area contributed by atoms with Gasteiger partial charge in [0.2, 0.25) is 0 Å². The lowest BCUT2D eigenvalue weighted by atomic mass is 9.72. The Kier molecular flexibility index (Phi) is 5.09. The second-order valence-electron chi connectivity index (χ2n) is 9.10. The highest BCUT2D eigenvalue weighted by atomic mass is 31.0. The van der Waals surface area contributed by atoms with E-state index in [9.17, 15) is 8.78 Å². The molecule has 4 nitrogen and oxygen atoms in total. The Morgan fingerprint density at radius 2 is 1.94 bits per heavy atom. The molecule has 162 valence electrons. The molecular formula is C24H27F2N4P. The van der Waals surface area contributed by atoms with Crippen LogP contribution >= 0.6 is 9.24 Å². The molecule has 0 amide bonds. The van der Waals surface area contributed by atoms with Crippen LogP contribution in [0.2, 0.25) is 0 Å². The van der Waals surface area contributed by atoms with Gasteiger partial charge in [0.25, 0.3) is 0 Å². The predicted octanol–water partition coefficient (Wildman–Crippen LogP) is 6.10. The molecule has 0 radical (unpaired) electrons. The third-order valence-corrected chi connectivity index (χ3v) is 7.78. The Bertz CT molecular complexity index is 1120. The second kappa shape index (κ2) is 7.67. The number of pyridine rings is 1. The van der Waals surface area contributed by atoms with Crippen LogP contribution in [-0.4, -0.2) is 14.5 Å². The Labute approximate surface area is 183 Å². The van der Waals surface area contributed by atoms with Crippen LogP contribution in [0.5, 0.6) is 0 Å². The summed E-state index contributed by atoms with van der Waals surface area (Å²) in [6, 6.07) is 7.94. The van der Waals surface area contributed by atoms with Gasteiger partial charge in [0.1, 0.15) is 17.5 Å². The van der Waals surface area contributed by atoms with Crippen molar-refractivity contribution >= 4 is 14.9 Å². The second-order valence-corrected chi connectivity index (χ2v) is 9.82. The van der Waals surface area contributed by atoms with Crippen LogP contribution in [-0.2, 0) is 5.54 Å². The highest BCUT2D eigenvalue weighted by Gasteiger charge is 2.44. The summed E-state index contributed by atoms with van der Waals surface area (Å²) in [4.78, 5) is 9.40. The van der Waals surface area contributed by atoms with E-state index in [1.165, 1.54) is 6.07 Å². The molecule has 2 atom stereocenters. The van der Waals surface area contributed by atoms with Crippen LogP contribution in [0.3, 0.4) is 0 Å². The predicted molar refractivity (Wildman–Crippen MR) is 122 cm³/mol. The summed E-state index contributed by atoms with van der Waals surface area (Å²) in [5, 5.41) is 3.79. The lowest BCUT2D eigenvalue weighted by molar-refractivity contribution is 0.240. The van der Waals surface area contributed by atoms with Crippen molar-refractivity contribution in [3.8, 4) is 5.82 Å². The van der Waals surface area contributed by atoms with Crippen LogP contribution in [0.1, 0.15) is 68.2 Å². The first-order valence-corrected chi connectivity index (χ1v) is 11.6. The van der Waals surface area contributed by atoms with Gasteiger partial charge in [-0.2, -0.15) is 0 Å². The molecule has 3 heterocycles. The van der Waals surface area contributed by atoms with Gasteiger partial charge in [-0.3, -0.25) is 4.57 Å². The minimum atomic E-state index is -0.533. The zero-order valence-electron chi connectivity index (χ0n) is 17.8. The normalized spacial score (nSPS) is 23.4. The molecule has 1 aromatic carbocycles. The van der Waals surface area contributed by atoms with Crippen molar-refractivity contribution in [3.63, 3.8) is 0 Å². The van der Waals surface area contributed by atoms with Crippen molar-refractivity contribution in [1.82, 2.24) is 14.5 Å². The SMILES string of the molecule is CC(C)c1ncc2n1-c1ncccc1NC21CCC(C(P)c2ccc(F)cc2F)CC1.